The Hall–Kier alpha value is -0.710. The van der Waals surface area contributed by atoms with E-state index < -0.39 is 0 Å². The molecule has 2 unspecified atom stereocenters. The molecule has 1 heterocycles. The van der Waals surface area contributed by atoms with Crippen molar-refractivity contribution >= 4 is 30.1 Å². The smallest absolute Gasteiger partial charge is 0.223 e. The third-order valence-electron chi connectivity index (χ3n) is 4.62. The number of carbonyl (C=O) groups excluding carboxylic acids is 1. The minimum atomic E-state index is 0. The number of halogens is 1. The molecule has 0 spiro atoms. The maximum absolute atomic E-state index is 12.3. The summed E-state index contributed by atoms with van der Waals surface area (Å²) in [6.45, 7) is 8.04. The van der Waals surface area contributed by atoms with Gasteiger partial charge in [0.2, 0.25) is 5.91 Å². The van der Waals surface area contributed by atoms with E-state index in [0.29, 0.717) is 12.3 Å². The molecule has 1 aliphatic heterocycles. The number of aryl methyl sites for hydroxylation is 2. The van der Waals surface area contributed by atoms with Crippen molar-refractivity contribution in [2.45, 2.75) is 51.0 Å². The Balaban J connectivity index is 0.00000264. The van der Waals surface area contributed by atoms with E-state index in [-0.39, 0.29) is 24.4 Å². The van der Waals surface area contributed by atoms with Gasteiger partial charge < -0.3 is 10.6 Å². The molecule has 1 fully saturated rings. The van der Waals surface area contributed by atoms with Gasteiger partial charge in [-0.05, 0) is 62.8 Å². The molecule has 2 rings (SSSR count). The molecule has 5 heteroatoms. The zero-order valence-corrected chi connectivity index (χ0v) is 16.0. The minimum Gasteiger partial charge on any atom is -0.342 e. The predicted octanol–water partition coefficient (Wildman–Crippen LogP) is 3.79. The lowest BCUT2D eigenvalue weighted by atomic mass is 9.92. The molecule has 23 heavy (non-hydrogen) atoms. The van der Waals surface area contributed by atoms with Crippen LogP contribution in [0.5, 0.6) is 0 Å². The normalized spacial score (nSPS) is 19.1. The molecule has 0 radical (unpaired) electrons. The highest BCUT2D eigenvalue weighted by Gasteiger charge is 2.25. The molecular weight excluding hydrogens is 328 g/mol. The van der Waals surface area contributed by atoms with Crippen molar-refractivity contribution in [2.75, 3.05) is 18.8 Å². The van der Waals surface area contributed by atoms with Gasteiger partial charge in [0.25, 0.3) is 0 Å². The second kappa shape index (κ2) is 9.55. The first-order chi connectivity index (χ1) is 10.5. The number of amides is 1. The fraction of sp³-hybridized carbons (Fsp3) is 0.611. The SMILES string of the molecule is Cc1ccc(SCCC(=O)N2CCCC(C(C)N)C2)cc1C.Cl. The van der Waals surface area contributed by atoms with Crippen LogP contribution in [-0.4, -0.2) is 35.7 Å². The number of nitrogens with zero attached hydrogens (tertiary/aromatic N) is 1. The van der Waals surface area contributed by atoms with E-state index in [9.17, 15) is 4.79 Å². The Kier molecular flexibility index (Phi) is 8.45. The van der Waals surface area contributed by atoms with E-state index in [1.54, 1.807) is 11.8 Å². The number of carbonyl (C=O) groups is 1. The molecular formula is C18H29ClN2OS. The van der Waals surface area contributed by atoms with E-state index in [1.165, 1.54) is 16.0 Å². The molecule has 0 aromatic heterocycles. The molecule has 2 atom stereocenters. The average Bonchev–Trinajstić information content (AvgIpc) is 2.51. The highest BCUT2D eigenvalue weighted by molar-refractivity contribution is 7.99. The third kappa shape index (κ3) is 6.02. The van der Waals surface area contributed by atoms with Gasteiger partial charge in [-0.3, -0.25) is 4.79 Å². The topological polar surface area (TPSA) is 46.3 Å². The lowest BCUT2D eigenvalue weighted by molar-refractivity contribution is -0.132. The summed E-state index contributed by atoms with van der Waals surface area (Å²) in [6, 6.07) is 6.68. The van der Waals surface area contributed by atoms with Crippen LogP contribution in [0.4, 0.5) is 0 Å². The number of hydrogen-bond acceptors (Lipinski definition) is 3. The Labute approximate surface area is 150 Å². The summed E-state index contributed by atoms with van der Waals surface area (Å²) >= 11 is 1.77. The van der Waals surface area contributed by atoms with Gasteiger partial charge in [0.15, 0.2) is 0 Å². The van der Waals surface area contributed by atoms with Crippen LogP contribution in [-0.2, 0) is 4.79 Å². The highest BCUT2D eigenvalue weighted by Crippen LogP contribution is 2.23. The summed E-state index contributed by atoms with van der Waals surface area (Å²) in [5, 5.41) is 0. The van der Waals surface area contributed by atoms with Gasteiger partial charge in [-0.15, -0.1) is 24.2 Å². The molecule has 130 valence electrons. The Bertz CT molecular complexity index is 522. The van der Waals surface area contributed by atoms with Gasteiger partial charge >= 0.3 is 0 Å². The van der Waals surface area contributed by atoms with Crippen LogP contribution >= 0.6 is 24.2 Å². The van der Waals surface area contributed by atoms with Gasteiger partial charge in [-0.2, -0.15) is 0 Å². The highest BCUT2D eigenvalue weighted by atomic mass is 35.5. The predicted molar refractivity (Wildman–Crippen MR) is 101 cm³/mol. The van der Waals surface area contributed by atoms with Gasteiger partial charge in [-0.1, -0.05) is 6.07 Å². The molecule has 3 nitrogen and oxygen atoms in total. The number of thioether (sulfide) groups is 1. The van der Waals surface area contributed by atoms with E-state index in [2.05, 4.69) is 32.0 Å². The van der Waals surface area contributed by atoms with Crippen molar-refractivity contribution in [3.8, 4) is 0 Å². The van der Waals surface area contributed by atoms with Gasteiger partial charge in [0.1, 0.15) is 0 Å². The number of benzene rings is 1. The Morgan fingerprint density at radius 2 is 2.13 bits per heavy atom. The van der Waals surface area contributed by atoms with Crippen LogP contribution in [0.25, 0.3) is 0 Å². The number of nitrogens with two attached hydrogens (primary N) is 1. The van der Waals surface area contributed by atoms with Crippen molar-refractivity contribution in [1.82, 2.24) is 4.90 Å². The van der Waals surface area contributed by atoms with E-state index >= 15 is 0 Å². The number of hydrogen-bond donors (Lipinski definition) is 1. The number of likely N-dealkylation sites (tertiary alicyclic amines) is 1. The molecule has 1 aromatic carbocycles. The summed E-state index contributed by atoms with van der Waals surface area (Å²) in [5.74, 6) is 1.59. The quantitative estimate of drug-likeness (QED) is 0.816. The molecule has 0 aliphatic carbocycles. The third-order valence-corrected chi connectivity index (χ3v) is 5.61. The van der Waals surface area contributed by atoms with Crippen LogP contribution in [0.15, 0.2) is 23.1 Å². The summed E-state index contributed by atoms with van der Waals surface area (Å²) in [6.07, 6.45) is 2.85. The first kappa shape index (κ1) is 20.3. The fourth-order valence-electron chi connectivity index (χ4n) is 2.88. The summed E-state index contributed by atoms with van der Waals surface area (Å²) < 4.78 is 0. The monoisotopic (exact) mass is 356 g/mol. The van der Waals surface area contributed by atoms with E-state index in [4.69, 9.17) is 5.73 Å². The number of piperidine rings is 1. The van der Waals surface area contributed by atoms with Crippen LogP contribution < -0.4 is 5.73 Å². The molecule has 0 saturated carbocycles. The van der Waals surface area contributed by atoms with Crippen molar-refractivity contribution in [2.24, 2.45) is 11.7 Å². The molecule has 1 aliphatic rings. The van der Waals surface area contributed by atoms with Crippen LogP contribution in [0, 0.1) is 19.8 Å². The first-order valence-corrected chi connectivity index (χ1v) is 9.19. The zero-order chi connectivity index (χ0) is 16.1. The van der Waals surface area contributed by atoms with Gasteiger partial charge in [0.05, 0.1) is 0 Å². The van der Waals surface area contributed by atoms with Crippen LogP contribution in [0.3, 0.4) is 0 Å². The Morgan fingerprint density at radius 1 is 1.39 bits per heavy atom. The zero-order valence-electron chi connectivity index (χ0n) is 14.4. The summed E-state index contributed by atoms with van der Waals surface area (Å²) in [4.78, 5) is 15.6. The molecule has 1 aromatic rings. The second-order valence-electron chi connectivity index (χ2n) is 6.45. The van der Waals surface area contributed by atoms with Crippen molar-refractivity contribution in [3.05, 3.63) is 29.3 Å². The lowest BCUT2D eigenvalue weighted by Gasteiger charge is -2.34. The standard InChI is InChI=1S/C18H28N2OS.ClH/c1-13-6-7-17(11-14(13)2)22-10-8-18(21)20-9-4-5-16(12-20)15(3)19;/h6-7,11,15-16H,4-5,8-10,12,19H2,1-3H3;1H. The minimum absolute atomic E-state index is 0. The maximum Gasteiger partial charge on any atom is 0.223 e. The molecule has 2 N–H and O–H groups in total. The van der Waals surface area contributed by atoms with E-state index in [1.807, 2.05) is 11.8 Å². The summed E-state index contributed by atoms with van der Waals surface area (Å²) in [5.41, 5.74) is 8.62. The summed E-state index contributed by atoms with van der Waals surface area (Å²) in [7, 11) is 0. The number of rotatable bonds is 5. The van der Waals surface area contributed by atoms with Crippen molar-refractivity contribution in [3.63, 3.8) is 0 Å². The molecule has 0 bridgehead atoms. The van der Waals surface area contributed by atoms with E-state index in [0.717, 1.165) is 31.7 Å². The second-order valence-corrected chi connectivity index (χ2v) is 7.61. The van der Waals surface area contributed by atoms with Crippen molar-refractivity contribution < 1.29 is 4.79 Å². The fourth-order valence-corrected chi connectivity index (χ4v) is 3.82. The van der Waals surface area contributed by atoms with Crippen LogP contribution in [0.2, 0.25) is 0 Å². The molecule has 1 amide bonds. The largest absolute Gasteiger partial charge is 0.342 e. The molecule has 1 saturated heterocycles. The van der Waals surface area contributed by atoms with Gasteiger partial charge in [-0.25, -0.2) is 0 Å². The van der Waals surface area contributed by atoms with Gasteiger partial charge in [0, 0.05) is 36.2 Å². The van der Waals surface area contributed by atoms with Crippen LogP contribution in [0.1, 0.15) is 37.3 Å². The lowest BCUT2D eigenvalue weighted by Crippen LogP contribution is -2.45. The van der Waals surface area contributed by atoms with Crippen molar-refractivity contribution in [1.29, 1.82) is 0 Å². The Morgan fingerprint density at radius 3 is 2.78 bits per heavy atom. The maximum atomic E-state index is 12.3. The first-order valence-electron chi connectivity index (χ1n) is 8.21. The average molecular weight is 357 g/mol.